The number of benzene rings is 3. The van der Waals surface area contributed by atoms with Crippen LogP contribution in [0.4, 0.5) is 5.69 Å². The van der Waals surface area contributed by atoms with Crippen molar-refractivity contribution < 1.29 is 27.1 Å². The van der Waals surface area contributed by atoms with Gasteiger partial charge in [-0.05, 0) is 36.4 Å². The largest absolute Gasteiger partial charge is 0.484 e. The minimum Gasteiger partial charge on any atom is -0.484 e. The molecule has 3 aromatic carbocycles. The Kier molecular flexibility index (Phi) is 6.36. The summed E-state index contributed by atoms with van der Waals surface area (Å²) in [6.07, 6.45) is 0. The fourth-order valence-electron chi connectivity index (χ4n) is 2.99. The number of hydrogen-bond acceptors (Lipinski definition) is 8. The monoisotopic (exact) mass is 465 g/mol. The number of ether oxygens (including phenoxy) is 2. The van der Waals surface area contributed by atoms with Crippen molar-refractivity contribution in [1.29, 1.82) is 0 Å². The third kappa shape index (κ3) is 5.18. The van der Waals surface area contributed by atoms with E-state index in [0.717, 1.165) is 5.56 Å². The Balaban J connectivity index is 1.47. The van der Waals surface area contributed by atoms with Crippen LogP contribution in [0.25, 0.3) is 11.5 Å². The Labute approximate surface area is 190 Å². The molecule has 0 aliphatic rings. The predicted octanol–water partition coefficient (Wildman–Crippen LogP) is 3.90. The topological polar surface area (TPSA) is 121 Å². The molecule has 9 nitrogen and oxygen atoms in total. The minimum atomic E-state index is -4.06. The molecule has 0 aliphatic carbocycles. The average molecular weight is 465 g/mol. The van der Waals surface area contributed by atoms with E-state index in [4.69, 9.17) is 9.15 Å². The number of esters is 1. The number of nitrogens with one attached hydrogen (secondary N) is 1. The van der Waals surface area contributed by atoms with Crippen LogP contribution in [0.1, 0.15) is 16.2 Å². The summed E-state index contributed by atoms with van der Waals surface area (Å²) in [5.41, 5.74) is 0.980. The van der Waals surface area contributed by atoms with Crippen molar-refractivity contribution in [3.63, 3.8) is 0 Å². The lowest BCUT2D eigenvalue weighted by Gasteiger charge is -2.12. The fraction of sp³-hybridized carbons (Fsp3) is 0.0870. The summed E-state index contributed by atoms with van der Waals surface area (Å²) in [5.74, 6) is 0.283. The van der Waals surface area contributed by atoms with Crippen molar-refractivity contribution in [2.75, 3.05) is 11.8 Å². The molecule has 33 heavy (non-hydrogen) atoms. The van der Waals surface area contributed by atoms with Gasteiger partial charge in [0, 0.05) is 11.6 Å². The number of rotatable bonds is 8. The third-order valence-corrected chi connectivity index (χ3v) is 5.96. The molecule has 0 saturated carbocycles. The van der Waals surface area contributed by atoms with Gasteiger partial charge in [0.25, 0.3) is 15.9 Å². The van der Waals surface area contributed by atoms with Gasteiger partial charge in [-0.3, -0.25) is 4.72 Å². The van der Waals surface area contributed by atoms with Gasteiger partial charge in [0.1, 0.15) is 10.6 Å². The van der Waals surface area contributed by atoms with Crippen LogP contribution in [0.15, 0.2) is 88.2 Å². The standard InChI is InChI=1S/C23H19N3O6S/c1-30-23(27)19-12-5-6-13-20(19)33(28,29)26-17-10-7-11-18(14-17)31-15-21-24-25-22(32-21)16-8-3-2-4-9-16/h2-14,26H,15H2,1H3. The highest BCUT2D eigenvalue weighted by Crippen LogP contribution is 2.24. The zero-order valence-electron chi connectivity index (χ0n) is 17.5. The second-order valence-electron chi connectivity index (χ2n) is 6.78. The summed E-state index contributed by atoms with van der Waals surface area (Å²) < 4.78 is 44.2. The highest BCUT2D eigenvalue weighted by Gasteiger charge is 2.23. The summed E-state index contributed by atoms with van der Waals surface area (Å²) in [7, 11) is -2.87. The predicted molar refractivity (Wildman–Crippen MR) is 119 cm³/mol. The van der Waals surface area contributed by atoms with Gasteiger partial charge in [-0.15, -0.1) is 10.2 Å². The summed E-state index contributed by atoms with van der Waals surface area (Å²) in [6, 6.07) is 21.5. The molecule has 0 saturated heterocycles. The first-order valence-electron chi connectivity index (χ1n) is 9.77. The molecular formula is C23H19N3O6S. The van der Waals surface area contributed by atoms with E-state index >= 15 is 0 Å². The Morgan fingerprint density at radius 1 is 0.970 bits per heavy atom. The van der Waals surface area contributed by atoms with Gasteiger partial charge in [-0.2, -0.15) is 0 Å². The van der Waals surface area contributed by atoms with Crippen LogP contribution < -0.4 is 9.46 Å². The van der Waals surface area contributed by atoms with Crippen molar-refractivity contribution in [1.82, 2.24) is 10.2 Å². The van der Waals surface area contributed by atoms with E-state index in [1.807, 2.05) is 30.3 Å². The van der Waals surface area contributed by atoms with Crippen molar-refractivity contribution in [3.05, 3.63) is 90.3 Å². The second-order valence-corrected chi connectivity index (χ2v) is 8.43. The quantitative estimate of drug-likeness (QED) is 0.389. The Morgan fingerprint density at radius 2 is 1.73 bits per heavy atom. The first kappa shape index (κ1) is 22.0. The molecular weight excluding hydrogens is 446 g/mol. The van der Waals surface area contributed by atoms with E-state index in [2.05, 4.69) is 19.7 Å². The number of nitrogens with zero attached hydrogens (tertiary/aromatic N) is 2. The summed E-state index contributed by atoms with van der Waals surface area (Å²) in [4.78, 5) is 11.8. The highest BCUT2D eigenvalue weighted by molar-refractivity contribution is 7.92. The van der Waals surface area contributed by atoms with Crippen molar-refractivity contribution in [2.24, 2.45) is 0 Å². The van der Waals surface area contributed by atoms with Gasteiger partial charge in [0.05, 0.1) is 18.4 Å². The number of carbonyl (C=O) groups is 1. The summed E-state index contributed by atoms with van der Waals surface area (Å²) in [5, 5.41) is 7.97. The number of carbonyl (C=O) groups excluding carboxylic acids is 1. The molecule has 4 rings (SSSR count). The van der Waals surface area contributed by atoms with E-state index in [1.54, 1.807) is 24.3 Å². The number of hydrogen-bond donors (Lipinski definition) is 1. The van der Waals surface area contributed by atoms with Crippen LogP contribution in [-0.2, 0) is 21.4 Å². The Hall–Kier alpha value is -4.18. The summed E-state index contributed by atoms with van der Waals surface area (Å²) in [6.45, 7) is 0.00120. The molecule has 0 spiro atoms. The number of anilines is 1. The van der Waals surface area contributed by atoms with Crippen LogP contribution >= 0.6 is 0 Å². The molecule has 10 heteroatoms. The fourth-order valence-corrected chi connectivity index (χ4v) is 4.24. The molecule has 1 heterocycles. The number of sulfonamides is 1. The molecule has 0 fully saturated rings. The van der Waals surface area contributed by atoms with Crippen LogP contribution in [0.2, 0.25) is 0 Å². The number of aromatic nitrogens is 2. The van der Waals surface area contributed by atoms with Gasteiger partial charge in [-0.1, -0.05) is 36.4 Å². The van der Waals surface area contributed by atoms with E-state index < -0.39 is 16.0 Å². The molecule has 168 valence electrons. The molecule has 1 aromatic heterocycles. The lowest BCUT2D eigenvalue weighted by atomic mass is 10.2. The normalized spacial score (nSPS) is 11.1. The molecule has 4 aromatic rings. The molecule has 0 radical (unpaired) electrons. The van der Waals surface area contributed by atoms with Gasteiger partial charge in [0.15, 0.2) is 6.61 Å². The van der Waals surface area contributed by atoms with Gasteiger partial charge in [-0.25, -0.2) is 13.2 Å². The zero-order valence-corrected chi connectivity index (χ0v) is 18.3. The number of methoxy groups -OCH3 is 1. The van der Waals surface area contributed by atoms with Gasteiger partial charge >= 0.3 is 5.97 Å². The summed E-state index contributed by atoms with van der Waals surface area (Å²) >= 11 is 0. The first-order chi connectivity index (χ1) is 16.0. The average Bonchev–Trinajstić information content (AvgIpc) is 3.32. The van der Waals surface area contributed by atoms with Crippen LogP contribution in [0.3, 0.4) is 0 Å². The van der Waals surface area contributed by atoms with E-state index in [1.165, 1.54) is 31.4 Å². The Morgan fingerprint density at radius 3 is 2.52 bits per heavy atom. The third-order valence-electron chi connectivity index (χ3n) is 4.52. The van der Waals surface area contributed by atoms with E-state index in [-0.39, 0.29) is 28.6 Å². The molecule has 0 unspecified atom stereocenters. The minimum absolute atomic E-state index is 0.00120. The van der Waals surface area contributed by atoms with Crippen molar-refractivity contribution in [3.8, 4) is 17.2 Å². The maximum Gasteiger partial charge on any atom is 0.339 e. The maximum absolute atomic E-state index is 12.9. The van der Waals surface area contributed by atoms with Gasteiger partial charge < -0.3 is 13.9 Å². The molecule has 0 atom stereocenters. The van der Waals surface area contributed by atoms with E-state index in [9.17, 15) is 13.2 Å². The maximum atomic E-state index is 12.9. The van der Waals surface area contributed by atoms with Gasteiger partial charge in [0.2, 0.25) is 5.89 Å². The van der Waals surface area contributed by atoms with Crippen LogP contribution in [0.5, 0.6) is 5.75 Å². The SMILES string of the molecule is COC(=O)c1ccccc1S(=O)(=O)Nc1cccc(OCc2nnc(-c3ccccc3)o2)c1. The lowest BCUT2D eigenvalue weighted by Crippen LogP contribution is -2.17. The lowest BCUT2D eigenvalue weighted by molar-refractivity contribution is 0.0596. The van der Waals surface area contributed by atoms with Crippen LogP contribution in [0, 0.1) is 0 Å². The van der Waals surface area contributed by atoms with E-state index in [0.29, 0.717) is 11.6 Å². The van der Waals surface area contributed by atoms with Crippen molar-refractivity contribution in [2.45, 2.75) is 11.5 Å². The molecule has 1 N–H and O–H groups in total. The highest BCUT2D eigenvalue weighted by atomic mass is 32.2. The zero-order chi connectivity index (χ0) is 23.3. The second kappa shape index (κ2) is 9.53. The van der Waals surface area contributed by atoms with Crippen molar-refractivity contribution >= 4 is 21.7 Å². The first-order valence-corrected chi connectivity index (χ1v) is 11.3. The molecule has 0 aliphatic heterocycles. The smallest absolute Gasteiger partial charge is 0.339 e. The molecule has 0 amide bonds. The Bertz CT molecular complexity index is 1370. The van der Waals surface area contributed by atoms with Crippen LogP contribution in [-0.4, -0.2) is 31.7 Å². The molecule has 0 bridgehead atoms.